The van der Waals surface area contributed by atoms with Gasteiger partial charge in [0, 0.05) is 31.8 Å². The van der Waals surface area contributed by atoms with Crippen LogP contribution in [0.1, 0.15) is 38.6 Å². The fourth-order valence-electron chi connectivity index (χ4n) is 2.81. The smallest absolute Gasteiger partial charge is 0.228 e. The third kappa shape index (κ3) is 2.77. The minimum atomic E-state index is -0.301. The van der Waals surface area contributed by atoms with Crippen LogP contribution < -0.4 is 5.32 Å². The molecule has 6 nitrogen and oxygen atoms in total. The van der Waals surface area contributed by atoms with Gasteiger partial charge in [-0.2, -0.15) is 5.10 Å². The van der Waals surface area contributed by atoms with Gasteiger partial charge in [0.15, 0.2) is 0 Å². The highest BCUT2D eigenvalue weighted by Crippen LogP contribution is 2.47. The molecule has 2 heterocycles. The molecule has 0 radical (unpaired) electrons. The van der Waals surface area contributed by atoms with Crippen LogP contribution in [0.5, 0.6) is 0 Å². The molecule has 1 amide bonds. The number of hydrogen-bond acceptors (Lipinski definition) is 3. The minimum absolute atomic E-state index is 0.0670. The normalized spacial score (nSPS) is 17.5. The maximum absolute atomic E-state index is 12.8. The molecular formula is C16H23N5O. The van der Waals surface area contributed by atoms with E-state index in [-0.39, 0.29) is 23.3 Å². The second-order valence-corrected chi connectivity index (χ2v) is 6.58. The molecular weight excluding hydrogens is 278 g/mol. The summed E-state index contributed by atoms with van der Waals surface area (Å²) in [6, 6.07) is 1.82. The quantitative estimate of drug-likeness (QED) is 0.886. The Morgan fingerprint density at radius 2 is 2.14 bits per heavy atom. The monoisotopic (exact) mass is 301 g/mol. The summed E-state index contributed by atoms with van der Waals surface area (Å²) in [6.07, 6.45) is 9.18. The van der Waals surface area contributed by atoms with Crippen LogP contribution in [0.4, 0.5) is 0 Å². The molecule has 1 fully saturated rings. The van der Waals surface area contributed by atoms with Crippen LogP contribution in [-0.2, 0) is 18.4 Å². The highest BCUT2D eigenvalue weighted by Gasteiger charge is 2.51. The van der Waals surface area contributed by atoms with Crippen molar-refractivity contribution >= 4 is 5.91 Å². The van der Waals surface area contributed by atoms with Crippen molar-refractivity contribution in [2.75, 3.05) is 0 Å². The molecule has 0 aliphatic heterocycles. The van der Waals surface area contributed by atoms with Gasteiger partial charge < -0.3 is 9.88 Å². The molecule has 2 aromatic rings. The van der Waals surface area contributed by atoms with Crippen molar-refractivity contribution in [2.24, 2.45) is 18.4 Å². The fourth-order valence-corrected chi connectivity index (χ4v) is 2.81. The first-order valence-corrected chi connectivity index (χ1v) is 7.77. The zero-order chi connectivity index (χ0) is 15.7. The van der Waals surface area contributed by atoms with E-state index in [4.69, 9.17) is 0 Å². The van der Waals surface area contributed by atoms with Crippen molar-refractivity contribution in [3.05, 3.63) is 36.7 Å². The van der Waals surface area contributed by atoms with Gasteiger partial charge in [0.1, 0.15) is 5.82 Å². The Morgan fingerprint density at radius 3 is 2.64 bits per heavy atom. The average Bonchev–Trinajstić information content (AvgIpc) is 2.87. The highest BCUT2D eigenvalue weighted by molar-refractivity contribution is 5.85. The van der Waals surface area contributed by atoms with Crippen LogP contribution >= 0.6 is 0 Å². The predicted molar refractivity (Wildman–Crippen MR) is 82.8 cm³/mol. The van der Waals surface area contributed by atoms with Crippen LogP contribution in [0, 0.1) is 11.3 Å². The van der Waals surface area contributed by atoms with E-state index in [1.165, 1.54) is 0 Å². The van der Waals surface area contributed by atoms with E-state index < -0.39 is 0 Å². The Balaban J connectivity index is 1.73. The topological polar surface area (TPSA) is 64.7 Å². The van der Waals surface area contributed by atoms with Gasteiger partial charge in [-0.3, -0.25) is 9.48 Å². The Labute approximate surface area is 130 Å². The SMILES string of the molecule is CC(C)[C@@H](NC(=O)C1(Cn2cccn2)CC1)c1nccn1C. The van der Waals surface area contributed by atoms with Gasteiger partial charge in [0.05, 0.1) is 18.0 Å². The van der Waals surface area contributed by atoms with Crippen molar-refractivity contribution < 1.29 is 4.79 Å². The van der Waals surface area contributed by atoms with Crippen molar-refractivity contribution in [3.63, 3.8) is 0 Å². The van der Waals surface area contributed by atoms with E-state index >= 15 is 0 Å². The second kappa shape index (κ2) is 5.59. The maximum Gasteiger partial charge on any atom is 0.228 e. The molecule has 0 aromatic carbocycles. The van der Waals surface area contributed by atoms with Gasteiger partial charge in [-0.15, -0.1) is 0 Å². The number of aromatic nitrogens is 4. The summed E-state index contributed by atoms with van der Waals surface area (Å²) in [5.74, 6) is 1.30. The predicted octanol–water partition coefficient (Wildman–Crippen LogP) is 1.91. The second-order valence-electron chi connectivity index (χ2n) is 6.58. The highest BCUT2D eigenvalue weighted by atomic mass is 16.2. The number of carbonyl (C=O) groups excluding carboxylic acids is 1. The van der Waals surface area contributed by atoms with Crippen molar-refractivity contribution in [1.29, 1.82) is 0 Å². The first-order valence-electron chi connectivity index (χ1n) is 7.77. The molecule has 0 spiro atoms. The maximum atomic E-state index is 12.8. The van der Waals surface area contributed by atoms with Gasteiger partial charge in [-0.25, -0.2) is 4.98 Å². The number of carbonyl (C=O) groups is 1. The van der Waals surface area contributed by atoms with Crippen molar-refractivity contribution in [1.82, 2.24) is 24.6 Å². The molecule has 3 rings (SSSR count). The molecule has 22 heavy (non-hydrogen) atoms. The summed E-state index contributed by atoms with van der Waals surface area (Å²) in [5, 5.41) is 7.43. The Kier molecular flexibility index (Phi) is 3.76. The number of amides is 1. The molecule has 0 unspecified atom stereocenters. The Hall–Kier alpha value is -2.11. The Bertz CT molecular complexity index is 639. The summed E-state index contributed by atoms with van der Waals surface area (Å²) >= 11 is 0. The summed E-state index contributed by atoms with van der Waals surface area (Å²) < 4.78 is 3.82. The standard InChI is InChI=1S/C16H23N5O/c1-12(2)13(14-17-8-10-20(14)3)19-15(22)16(5-6-16)11-21-9-4-7-18-21/h4,7-10,12-13H,5-6,11H2,1-3H3,(H,19,22)/t13-/m1/s1. The molecule has 1 N–H and O–H groups in total. The zero-order valence-corrected chi connectivity index (χ0v) is 13.4. The first kappa shape index (κ1) is 14.8. The summed E-state index contributed by atoms with van der Waals surface area (Å²) in [7, 11) is 1.96. The molecule has 118 valence electrons. The number of rotatable bonds is 6. The molecule has 1 aliphatic carbocycles. The van der Waals surface area contributed by atoms with E-state index in [0.717, 1.165) is 18.7 Å². The number of hydrogen-bond donors (Lipinski definition) is 1. The summed E-state index contributed by atoms with van der Waals surface area (Å²) in [6.45, 7) is 4.86. The number of imidazole rings is 1. The summed E-state index contributed by atoms with van der Waals surface area (Å²) in [4.78, 5) is 17.2. The lowest BCUT2D eigenvalue weighted by atomic mass is 10.0. The van der Waals surface area contributed by atoms with E-state index in [1.54, 1.807) is 12.4 Å². The molecule has 1 aliphatic rings. The molecule has 1 atom stereocenters. The zero-order valence-electron chi connectivity index (χ0n) is 13.4. The average molecular weight is 301 g/mol. The first-order chi connectivity index (χ1) is 10.5. The minimum Gasteiger partial charge on any atom is -0.345 e. The largest absolute Gasteiger partial charge is 0.345 e. The fraction of sp³-hybridized carbons (Fsp3) is 0.562. The van der Waals surface area contributed by atoms with Gasteiger partial charge in [0.2, 0.25) is 5.91 Å². The number of nitrogens with zero attached hydrogens (tertiary/aromatic N) is 4. The van der Waals surface area contributed by atoms with E-state index in [1.807, 2.05) is 34.8 Å². The molecule has 2 aromatic heterocycles. The lowest BCUT2D eigenvalue weighted by Gasteiger charge is -2.25. The number of nitrogens with one attached hydrogen (secondary N) is 1. The third-order valence-electron chi connectivity index (χ3n) is 4.45. The van der Waals surface area contributed by atoms with Gasteiger partial charge >= 0.3 is 0 Å². The van der Waals surface area contributed by atoms with Gasteiger partial charge in [0.25, 0.3) is 0 Å². The van der Waals surface area contributed by atoms with Crippen LogP contribution in [-0.4, -0.2) is 25.2 Å². The lowest BCUT2D eigenvalue weighted by Crippen LogP contribution is -2.40. The van der Waals surface area contributed by atoms with Gasteiger partial charge in [-0.05, 0) is 24.8 Å². The third-order valence-corrected chi connectivity index (χ3v) is 4.45. The van der Waals surface area contributed by atoms with E-state index in [0.29, 0.717) is 6.54 Å². The Morgan fingerprint density at radius 1 is 1.36 bits per heavy atom. The molecule has 1 saturated carbocycles. The van der Waals surface area contributed by atoms with Crippen LogP contribution in [0.15, 0.2) is 30.9 Å². The van der Waals surface area contributed by atoms with Gasteiger partial charge in [-0.1, -0.05) is 13.8 Å². The van der Waals surface area contributed by atoms with Crippen molar-refractivity contribution in [2.45, 2.75) is 39.3 Å². The molecule has 0 saturated heterocycles. The summed E-state index contributed by atoms with van der Waals surface area (Å²) in [5.41, 5.74) is -0.301. The van der Waals surface area contributed by atoms with Crippen LogP contribution in [0.2, 0.25) is 0 Å². The number of aryl methyl sites for hydroxylation is 1. The van der Waals surface area contributed by atoms with E-state index in [2.05, 4.69) is 29.2 Å². The lowest BCUT2D eigenvalue weighted by molar-refractivity contribution is -0.128. The van der Waals surface area contributed by atoms with E-state index in [9.17, 15) is 4.79 Å². The van der Waals surface area contributed by atoms with Crippen LogP contribution in [0.25, 0.3) is 0 Å². The van der Waals surface area contributed by atoms with Crippen molar-refractivity contribution in [3.8, 4) is 0 Å². The van der Waals surface area contributed by atoms with Crippen LogP contribution in [0.3, 0.4) is 0 Å². The molecule has 0 bridgehead atoms. The molecule has 6 heteroatoms.